The first-order valence-corrected chi connectivity index (χ1v) is 14.0. The van der Waals surface area contributed by atoms with Crippen molar-refractivity contribution in [3.05, 3.63) is 106 Å². The van der Waals surface area contributed by atoms with E-state index in [9.17, 15) is 9.59 Å². The molecule has 0 saturated carbocycles. The quantitative estimate of drug-likeness (QED) is 0.260. The summed E-state index contributed by atoms with van der Waals surface area (Å²) < 4.78 is 0.981. The average Bonchev–Trinajstić information content (AvgIpc) is 2.89. The van der Waals surface area contributed by atoms with Crippen molar-refractivity contribution in [2.75, 3.05) is 6.54 Å². The van der Waals surface area contributed by atoms with Crippen LogP contribution < -0.4 is 5.32 Å². The van der Waals surface area contributed by atoms with Gasteiger partial charge in [-0.1, -0.05) is 110 Å². The van der Waals surface area contributed by atoms with Gasteiger partial charge in [-0.15, -0.1) is 0 Å². The zero-order valence-electron chi connectivity index (χ0n) is 22.4. The maximum atomic E-state index is 13.8. The number of amides is 2. The Morgan fingerprint density at radius 3 is 2.03 bits per heavy atom. The molecule has 1 N–H and O–H groups in total. The van der Waals surface area contributed by atoms with Gasteiger partial charge in [-0.2, -0.15) is 0 Å². The van der Waals surface area contributed by atoms with Crippen LogP contribution in [0.3, 0.4) is 0 Å². The highest BCUT2D eigenvalue weighted by atomic mass is 79.9. The molecule has 0 aliphatic rings. The minimum atomic E-state index is -0.597. The smallest absolute Gasteiger partial charge is 0.243 e. The van der Waals surface area contributed by atoms with Crippen LogP contribution in [-0.4, -0.2) is 29.3 Å². The lowest BCUT2D eigenvalue weighted by atomic mass is 9.99. The minimum absolute atomic E-state index is 0.0171. The molecule has 3 aromatic carbocycles. The average molecular weight is 564 g/mol. The molecule has 0 fully saturated rings. The molecule has 0 aliphatic heterocycles. The van der Waals surface area contributed by atoms with Crippen LogP contribution in [0.25, 0.3) is 0 Å². The van der Waals surface area contributed by atoms with Crippen LogP contribution >= 0.6 is 15.9 Å². The third kappa shape index (κ3) is 9.15. The number of halogens is 1. The maximum absolute atomic E-state index is 13.8. The van der Waals surface area contributed by atoms with Crippen LogP contribution in [0.1, 0.15) is 62.3 Å². The summed E-state index contributed by atoms with van der Waals surface area (Å²) in [4.78, 5) is 29.1. The van der Waals surface area contributed by atoms with E-state index in [0.717, 1.165) is 21.2 Å². The van der Waals surface area contributed by atoms with Gasteiger partial charge in [0.1, 0.15) is 6.04 Å². The van der Waals surface area contributed by atoms with E-state index in [4.69, 9.17) is 0 Å². The predicted octanol–water partition coefficient (Wildman–Crippen LogP) is 6.92. The highest BCUT2D eigenvalue weighted by Gasteiger charge is 2.30. The number of carbonyl (C=O) groups is 2. The Morgan fingerprint density at radius 2 is 1.43 bits per heavy atom. The van der Waals surface area contributed by atoms with Crippen LogP contribution in [0.4, 0.5) is 0 Å². The summed E-state index contributed by atoms with van der Waals surface area (Å²) in [6.07, 6.45) is 1.45. The molecule has 0 aliphatic carbocycles. The van der Waals surface area contributed by atoms with Crippen molar-refractivity contribution in [1.82, 2.24) is 10.2 Å². The second-order valence-corrected chi connectivity index (χ2v) is 11.3. The summed E-state index contributed by atoms with van der Waals surface area (Å²) in [6, 6.07) is 25.8. The molecule has 0 saturated heterocycles. The fraction of sp³-hybridized carbons (Fsp3) is 0.375. The van der Waals surface area contributed by atoms with Gasteiger partial charge in [0.05, 0.1) is 0 Å². The van der Waals surface area contributed by atoms with Crippen molar-refractivity contribution in [3.8, 4) is 0 Å². The van der Waals surface area contributed by atoms with Crippen molar-refractivity contribution in [1.29, 1.82) is 0 Å². The van der Waals surface area contributed by atoms with Crippen LogP contribution in [0.5, 0.6) is 0 Å². The van der Waals surface area contributed by atoms with Crippen molar-refractivity contribution in [2.24, 2.45) is 5.92 Å². The third-order valence-corrected chi connectivity index (χ3v) is 7.02. The summed E-state index contributed by atoms with van der Waals surface area (Å²) in [5.74, 6) is 0.673. The maximum Gasteiger partial charge on any atom is 0.243 e. The van der Waals surface area contributed by atoms with Crippen LogP contribution in [0, 0.1) is 5.92 Å². The van der Waals surface area contributed by atoms with Gasteiger partial charge >= 0.3 is 0 Å². The van der Waals surface area contributed by atoms with Crippen LogP contribution in [-0.2, 0) is 29.0 Å². The summed E-state index contributed by atoms with van der Waals surface area (Å²) in [5, 5.41) is 3.08. The van der Waals surface area contributed by atoms with Crippen LogP contribution in [0.15, 0.2) is 83.3 Å². The molecule has 3 aromatic rings. The zero-order valence-corrected chi connectivity index (χ0v) is 24.0. The fourth-order valence-corrected chi connectivity index (χ4v) is 4.49. The summed E-state index contributed by atoms with van der Waals surface area (Å²) in [7, 11) is 0. The van der Waals surface area contributed by atoms with E-state index >= 15 is 0 Å². The molecule has 1 unspecified atom stereocenters. The summed E-state index contributed by atoms with van der Waals surface area (Å²) in [6.45, 7) is 9.45. The number of hydrogen-bond acceptors (Lipinski definition) is 2. The number of aryl methyl sites for hydroxylation is 1. The Kier molecular flexibility index (Phi) is 10.9. The molecule has 0 radical (unpaired) electrons. The Bertz CT molecular complexity index is 1130. The van der Waals surface area contributed by atoms with E-state index in [1.54, 1.807) is 4.90 Å². The second-order valence-electron chi connectivity index (χ2n) is 10.4. The third-order valence-electron chi connectivity index (χ3n) is 6.50. The highest BCUT2D eigenvalue weighted by molar-refractivity contribution is 9.10. The topological polar surface area (TPSA) is 49.4 Å². The molecule has 3 rings (SSSR count). The first-order valence-electron chi connectivity index (χ1n) is 13.2. The molecule has 0 heterocycles. The molecule has 0 aromatic heterocycles. The van der Waals surface area contributed by atoms with E-state index in [1.807, 2.05) is 54.6 Å². The molecule has 2 amide bonds. The lowest BCUT2D eigenvalue weighted by Crippen LogP contribution is -2.51. The molecule has 196 valence electrons. The predicted molar refractivity (Wildman–Crippen MR) is 155 cm³/mol. The van der Waals surface area contributed by atoms with Crippen molar-refractivity contribution in [3.63, 3.8) is 0 Å². The van der Waals surface area contributed by atoms with E-state index in [2.05, 4.69) is 73.2 Å². The second kappa shape index (κ2) is 14.1. The first-order chi connectivity index (χ1) is 17.7. The number of hydrogen-bond donors (Lipinski definition) is 1. The molecule has 0 spiro atoms. The van der Waals surface area contributed by atoms with Gasteiger partial charge in [-0.05, 0) is 52.6 Å². The molecule has 0 bridgehead atoms. The number of rotatable bonds is 12. The molecule has 1 atom stereocenters. The molecule has 5 heteroatoms. The van der Waals surface area contributed by atoms with E-state index < -0.39 is 6.04 Å². The van der Waals surface area contributed by atoms with Gasteiger partial charge in [-0.3, -0.25) is 9.59 Å². The zero-order chi connectivity index (χ0) is 26.8. The summed E-state index contributed by atoms with van der Waals surface area (Å²) in [5.41, 5.74) is 4.44. The Morgan fingerprint density at radius 1 is 0.811 bits per heavy atom. The number of carbonyl (C=O) groups excluding carboxylic acids is 2. The monoisotopic (exact) mass is 562 g/mol. The van der Waals surface area contributed by atoms with Crippen LogP contribution in [0.2, 0.25) is 0 Å². The Balaban J connectivity index is 1.86. The lowest BCUT2D eigenvalue weighted by molar-refractivity contribution is -0.141. The molecule has 37 heavy (non-hydrogen) atoms. The van der Waals surface area contributed by atoms with Gasteiger partial charge in [0.15, 0.2) is 0 Å². The summed E-state index contributed by atoms with van der Waals surface area (Å²) >= 11 is 3.49. The molecular formula is C32H39BrN2O2. The lowest BCUT2D eigenvalue weighted by Gasteiger charge is -2.32. The van der Waals surface area contributed by atoms with E-state index in [1.165, 1.54) is 5.56 Å². The van der Waals surface area contributed by atoms with Gasteiger partial charge in [0.2, 0.25) is 11.8 Å². The van der Waals surface area contributed by atoms with Gasteiger partial charge in [-0.25, -0.2) is 0 Å². The van der Waals surface area contributed by atoms with Crippen molar-refractivity contribution < 1.29 is 9.59 Å². The standard InChI is InChI=1S/C32H39BrN2O2/c1-23(2)21-34-32(37)30(20-26-8-6-5-7-9-26)35(22-27-12-17-29(33)18-13-27)31(36)19-14-25-10-15-28(16-11-25)24(3)4/h5-13,15-18,23-24,30H,14,19-22H2,1-4H3,(H,34,37). The van der Waals surface area contributed by atoms with E-state index in [-0.39, 0.29) is 11.8 Å². The largest absolute Gasteiger partial charge is 0.354 e. The van der Waals surface area contributed by atoms with Crippen molar-refractivity contribution in [2.45, 2.75) is 65.5 Å². The SMILES string of the molecule is CC(C)CNC(=O)C(Cc1ccccc1)N(Cc1ccc(Br)cc1)C(=O)CCc1ccc(C(C)C)cc1. The molecular weight excluding hydrogens is 524 g/mol. The number of nitrogens with zero attached hydrogens (tertiary/aromatic N) is 1. The van der Waals surface area contributed by atoms with Gasteiger partial charge < -0.3 is 10.2 Å². The van der Waals surface area contributed by atoms with Crippen molar-refractivity contribution >= 4 is 27.7 Å². The Labute approximate surface area is 230 Å². The normalized spacial score (nSPS) is 12.0. The van der Waals surface area contributed by atoms with Gasteiger partial charge in [0, 0.05) is 30.4 Å². The minimum Gasteiger partial charge on any atom is -0.354 e. The fourth-order valence-electron chi connectivity index (χ4n) is 4.23. The van der Waals surface area contributed by atoms with E-state index in [0.29, 0.717) is 44.2 Å². The molecule has 4 nitrogen and oxygen atoms in total. The highest BCUT2D eigenvalue weighted by Crippen LogP contribution is 2.20. The Hall–Kier alpha value is -2.92. The number of benzene rings is 3. The van der Waals surface area contributed by atoms with Gasteiger partial charge in [0.25, 0.3) is 0 Å². The first kappa shape index (κ1) is 28.6. The number of nitrogens with one attached hydrogen (secondary N) is 1.